The molecule has 1 aliphatic carbocycles. The van der Waals surface area contributed by atoms with Crippen LogP contribution in [0.1, 0.15) is 49.0 Å². The quantitative estimate of drug-likeness (QED) is 0.657. The Bertz CT molecular complexity index is 528. The first-order valence-electron chi connectivity index (χ1n) is 7.72. The third-order valence-corrected chi connectivity index (χ3v) is 4.90. The van der Waals surface area contributed by atoms with Crippen LogP contribution in [0.4, 0.5) is 11.4 Å². The Labute approximate surface area is 127 Å². The summed E-state index contributed by atoms with van der Waals surface area (Å²) < 4.78 is 4.81. The summed E-state index contributed by atoms with van der Waals surface area (Å²) >= 11 is 0. The molecule has 0 aromatic heterocycles. The van der Waals surface area contributed by atoms with Gasteiger partial charge in [-0.3, -0.25) is 0 Å². The van der Waals surface area contributed by atoms with Crippen molar-refractivity contribution in [1.29, 1.82) is 0 Å². The van der Waals surface area contributed by atoms with E-state index in [1.54, 1.807) is 6.07 Å². The van der Waals surface area contributed by atoms with E-state index in [1.165, 1.54) is 26.4 Å². The van der Waals surface area contributed by atoms with E-state index in [0.29, 0.717) is 23.2 Å². The fourth-order valence-electron chi connectivity index (χ4n) is 3.40. The summed E-state index contributed by atoms with van der Waals surface area (Å²) in [6, 6.07) is 4.27. The number of nitrogen functional groups attached to an aromatic ring is 1. The number of methoxy groups -OCH3 is 1. The number of anilines is 2. The molecule has 4 nitrogen and oxygen atoms in total. The van der Waals surface area contributed by atoms with Gasteiger partial charge in [0.1, 0.15) is 0 Å². The first kappa shape index (κ1) is 15.7. The van der Waals surface area contributed by atoms with Crippen molar-refractivity contribution in [2.24, 2.45) is 11.8 Å². The standard InChI is InChI=1S/C17H26N2O2/c1-5-12-6-7-15(11(12)3)19-13-8-10(2)16(18)14(9-13)17(20)21-4/h8-9,11-12,15,19H,5-7,18H2,1-4H3. The fraction of sp³-hybridized carbons (Fsp3) is 0.588. The van der Waals surface area contributed by atoms with E-state index in [0.717, 1.165) is 17.2 Å². The van der Waals surface area contributed by atoms with E-state index >= 15 is 0 Å². The van der Waals surface area contributed by atoms with Crippen molar-refractivity contribution >= 4 is 17.3 Å². The highest BCUT2D eigenvalue weighted by atomic mass is 16.5. The highest BCUT2D eigenvalue weighted by molar-refractivity contribution is 5.97. The number of carbonyl (C=O) groups excluding carboxylic acids is 1. The van der Waals surface area contributed by atoms with Gasteiger partial charge in [0, 0.05) is 17.4 Å². The molecule has 4 heteroatoms. The molecule has 0 bridgehead atoms. The molecular weight excluding hydrogens is 264 g/mol. The first-order valence-corrected chi connectivity index (χ1v) is 7.72. The Hall–Kier alpha value is -1.71. The van der Waals surface area contributed by atoms with Crippen LogP contribution in [-0.4, -0.2) is 19.1 Å². The topological polar surface area (TPSA) is 64.3 Å². The van der Waals surface area contributed by atoms with Crippen LogP contribution >= 0.6 is 0 Å². The maximum atomic E-state index is 11.8. The Morgan fingerprint density at radius 3 is 2.71 bits per heavy atom. The van der Waals surface area contributed by atoms with Crippen LogP contribution in [0.2, 0.25) is 0 Å². The average molecular weight is 290 g/mol. The number of aryl methyl sites for hydroxylation is 1. The number of hydrogen-bond donors (Lipinski definition) is 2. The molecule has 0 radical (unpaired) electrons. The monoisotopic (exact) mass is 290 g/mol. The Morgan fingerprint density at radius 2 is 2.14 bits per heavy atom. The normalized spacial score (nSPS) is 24.9. The van der Waals surface area contributed by atoms with Gasteiger partial charge in [-0.15, -0.1) is 0 Å². The van der Waals surface area contributed by atoms with Crippen molar-refractivity contribution < 1.29 is 9.53 Å². The molecule has 0 spiro atoms. The van der Waals surface area contributed by atoms with Crippen LogP contribution in [0.3, 0.4) is 0 Å². The van der Waals surface area contributed by atoms with Gasteiger partial charge in [-0.1, -0.05) is 20.3 Å². The van der Waals surface area contributed by atoms with Gasteiger partial charge in [0.15, 0.2) is 0 Å². The molecule has 3 N–H and O–H groups in total. The molecule has 2 rings (SSSR count). The van der Waals surface area contributed by atoms with Crippen LogP contribution in [0.25, 0.3) is 0 Å². The van der Waals surface area contributed by atoms with Crippen LogP contribution in [0.5, 0.6) is 0 Å². The molecular formula is C17H26N2O2. The number of esters is 1. The number of rotatable bonds is 4. The predicted octanol–water partition coefficient (Wildman–Crippen LogP) is 3.60. The van der Waals surface area contributed by atoms with Gasteiger partial charge >= 0.3 is 5.97 Å². The van der Waals surface area contributed by atoms with Crippen LogP contribution < -0.4 is 11.1 Å². The van der Waals surface area contributed by atoms with Crippen molar-refractivity contribution in [3.05, 3.63) is 23.3 Å². The summed E-state index contributed by atoms with van der Waals surface area (Å²) in [5.74, 6) is 1.05. The van der Waals surface area contributed by atoms with Crippen LogP contribution in [0.15, 0.2) is 12.1 Å². The minimum Gasteiger partial charge on any atom is -0.465 e. The second-order valence-corrected chi connectivity index (χ2v) is 6.10. The second-order valence-electron chi connectivity index (χ2n) is 6.10. The van der Waals surface area contributed by atoms with E-state index in [9.17, 15) is 4.79 Å². The number of benzene rings is 1. The second kappa shape index (κ2) is 6.37. The number of ether oxygens (including phenoxy) is 1. The van der Waals surface area contributed by atoms with Crippen molar-refractivity contribution in [2.75, 3.05) is 18.2 Å². The molecule has 0 amide bonds. The Kier molecular flexibility index (Phi) is 4.76. The van der Waals surface area contributed by atoms with Crippen molar-refractivity contribution in [3.63, 3.8) is 0 Å². The van der Waals surface area contributed by atoms with Gasteiger partial charge in [0.25, 0.3) is 0 Å². The highest BCUT2D eigenvalue weighted by Crippen LogP contribution is 2.36. The zero-order valence-corrected chi connectivity index (χ0v) is 13.4. The largest absolute Gasteiger partial charge is 0.465 e. The molecule has 1 aromatic rings. The van der Waals surface area contributed by atoms with Gasteiger partial charge in [0.2, 0.25) is 0 Å². The van der Waals surface area contributed by atoms with E-state index in [2.05, 4.69) is 19.2 Å². The Morgan fingerprint density at radius 1 is 1.43 bits per heavy atom. The van der Waals surface area contributed by atoms with Crippen molar-refractivity contribution in [2.45, 2.75) is 46.1 Å². The lowest BCUT2D eigenvalue weighted by Crippen LogP contribution is -2.25. The summed E-state index contributed by atoms with van der Waals surface area (Å²) in [4.78, 5) is 11.8. The number of hydrogen-bond acceptors (Lipinski definition) is 4. The minimum absolute atomic E-state index is 0.384. The molecule has 3 unspecified atom stereocenters. The lowest BCUT2D eigenvalue weighted by Gasteiger charge is -2.23. The predicted molar refractivity (Wildman–Crippen MR) is 86.5 cm³/mol. The summed E-state index contributed by atoms with van der Waals surface area (Å²) in [5.41, 5.74) is 8.77. The molecule has 1 saturated carbocycles. The minimum atomic E-state index is -0.384. The van der Waals surface area contributed by atoms with Gasteiger partial charge in [-0.05, 0) is 49.3 Å². The molecule has 0 aliphatic heterocycles. The van der Waals surface area contributed by atoms with E-state index in [1.807, 2.05) is 13.0 Å². The average Bonchev–Trinajstić information content (AvgIpc) is 2.82. The summed E-state index contributed by atoms with van der Waals surface area (Å²) in [6.45, 7) is 6.48. The van der Waals surface area contributed by atoms with Gasteiger partial charge < -0.3 is 15.8 Å². The molecule has 1 fully saturated rings. The summed E-state index contributed by atoms with van der Waals surface area (Å²) in [5, 5.41) is 3.58. The zero-order valence-electron chi connectivity index (χ0n) is 13.4. The van der Waals surface area contributed by atoms with Gasteiger partial charge in [0.05, 0.1) is 12.7 Å². The number of nitrogens with one attached hydrogen (secondary N) is 1. The maximum Gasteiger partial charge on any atom is 0.340 e. The van der Waals surface area contributed by atoms with Crippen molar-refractivity contribution in [1.82, 2.24) is 0 Å². The van der Waals surface area contributed by atoms with Crippen LogP contribution in [-0.2, 0) is 4.74 Å². The molecule has 1 aromatic carbocycles. The number of nitrogens with two attached hydrogens (primary N) is 1. The van der Waals surface area contributed by atoms with Crippen LogP contribution in [0, 0.1) is 18.8 Å². The lowest BCUT2D eigenvalue weighted by molar-refractivity contribution is 0.0602. The molecule has 116 valence electrons. The fourth-order valence-corrected chi connectivity index (χ4v) is 3.40. The van der Waals surface area contributed by atoms with E-state index in [-0.39, 0.29) is 5.97 Å². The molecule has 1 aliphatic rings. The summed E-state index contributed by atoms with van der Waals surface area (Å²) in [7, 11) is 1.38. The SMILES string of the molecule is CCC1CCC(Nc2cc(C)c(N)c(C(=O)OC)c2)C1C. The molecule has 3 atom stereocenters. The smallest absolute Gasteiger partial charge is 0.340 e. The molecule has 0 saturated heterocycles. The molecule has 21 heavy (non-hydrogen) atoms. The lowest BCUT2D eigenvalue weighted by atomic mass is 9.93. The third kappa shape index (κ3) is 3.14. The first-order chi connectivity index (χ1) is 9.97. The van der Waals surface area contributed by atoms with E-state index < -0.39 is 0 Å². The zero-order chi connectivity index (χ0) is 15.6. The van der Waals surface area contributed by atoms with Crippen molar-refractivity contribution in [3.8, 4) is 0 Å². The summed E-state index contributed by atoms with van der Waals surface area (Å²) in [6.07, 6.45) is 3.68. The Balaban J connectivity index is 2.21. The number of carbonyl (C=O) groups is 1. The highest BCUT2D eigenvalue weighted by Gasteiger charge is 2.31. The van der Waals surface area contributed by atoms with Gasteiger partial charge in [-0.2, -0.15) is 0 Å². The maximum absolute atomic E-state index is 11.8. The van der Waals surface area contributed by atoms with E-state index in [4.69, 9.17) is 10.5 Å². The third-order valence-electron chi connectivity index (χ3n) is 4.90. The van der Waals surface area contributed by atoms with Gasteiger partial charge in [-0.25, -0.2) is 4.79 Å². The molecule has 0 heterocycles.